The lowest BCUT2D eigenvalue weighted by atomic mass is 9.89. The van der Waals surface area contributed by atoms with Crippen LogP contribution in [0.4, 0.5) is 5.69 Å². The Balaban J connectivity index is 1.46. The topological polar surface area (TPSA) is 87.7 Å². The molecule has 3 N–H and O–H groups in total. The van der Waals surface area contributed by atoms with Crippen molar-refractivity contribution in [1.29, 1.82) is 0 Å². The van der Waals surface area contributed by atoms with Gasteiger partial charge in [-0.2, -0.15) is 0 Å². The molecule has 0 saturated heterocycles. The molecule has 1 aliphatic carbocycles. The Kier molecular flexibility index (Phi) is 7.25. The molecule has 6 heteroatoms. The van der Waals surface area contributed by atoms with E-state index in [-0.39, 0.29) is 29.2 Å². The van der Waals surface area contributed by atoms with Gasteiger partial charge in [0.1, 0.15) is 5.75 Å². The maximum Gasteiger partial charge on any atom is 0.255 e. The minimum absolute atomic E-state index is 0.118. The summed E-state index contributed by atoms with van der Waals surface area (Å²) in [5.41, 5.74) is 3.27. The fraction of sp³-hybridized carbons (Fsp3) is 0.391. The number of fused-ring (bicyclic) bond motifs is 1. The Morgan fingerprint density at radius 1 is 1.21 bits per heavy atom. The number of phenolic OH excluding ortho intramolecular Hbond substituents is 1. The first-order valence-electron chi connectivity index (χ1n) is 10.2. The van der Waals surface area contributed by atoms with Crippen LogP contribution in [0.2, 0.25) is 0 Å². The van der Waals surface area contributed by atoms with Gasteiger partial charge in [-0.1, -0.05) is 31.2 Å². The number of amides is 2. The predicted octanol–water partition coefficient (Wildman–Crippen LogP) is 3.95. The molecule has 2 amide bonds. The normalized spacial score (nSPS) is 15.4. The van der Waals surface area contributed by atoms with Crippen molar-refractivity contribution in [2.45, 2.75) is 45.1 Å². The zero-order valence-electron chi connectivity index (χ0n) is 16.7. The van der Waals surface area contributed by atoms with Crippen molar-refractivity contribution in [1.82, 2.24) is 5.32 Å². The van der Waals surface area contributed by atoms with Gasteiger partial charge >= 0.3 is 0 Å². The van der Waals surface area contributed by atoms with Gasteiger partial charge in [0, 0.05) is 25.3 Å². The minimum atomic E-state index is -0.377. The number of phenols is 1. The van der Waals surface area contributed by atoms with Gasteiger partial charge in [0.05, 0.1) is 11.7 Å². The summed E-state index contributed by atoms with van der Waals surface area (Å²) in [6, 6.07) is 12.9. The molecule has 6 nitrogen and oxygen atoms in total. The number of aromatic hydroxyl groups is 1. The molecular formula is C23H28N2O4. The molecule has 1 aliphatic rings. The van der Waals surface area contributed by atoms with Gasteiger partial charge in [-0.3, -0.25) is 9.59 Å². The number of rotatable bonds is 8. The van der Waals surface area contributed by atoms with Gasteiger partial charge < -0.3 is 20.5 Å². The van der Waals surface area contributed by atoms with Crippen LogP contribution in [-0.2, 0) is 16.0 Å². The molecule has 0 fully saturated rings. The molecule has 154 valence electrons. The largest absolute Gasteiger partial charge is 0.507 e. The number of ether oxygens (including phenoxy) is 1. The predicted molar refractivity (Wildman–Crippen MR) is 112 cm³/mol. The van der Waals surface area contributed by atoms with Crippen LogP contribution in [0.25, 0.3) is 0 Å². The molecule has 2 aromatic carbocycles. The summed E-state index contributed by atoms with van der Waals surface area (Å²) in [5.74, 6) is -0.645. The Morgan fingerprint density at radius 2 is 2.03 bits per heavy atom. The van der Waals surface area contributed by atoms with E-state index >= 15 is 0 Å². The Morgan fingerprint density at radius 3 is 2.86 bits per heavy atom. The standard InChI is InChI=1S/C23H28N2O4/c1-2-22(27)25-17-11-12-20(26)19(15-17)23(28)24-13-6-14-29-21-10-5-8-16-7-3-4-9-18(16)21/h3-4,7,9,11-12,15,21,26H,2,5-6,8,10,13-14H2,1H3,(H,24,28)(H,25,27). The molecule has 0 heterocycles. The van der Waals surface area contributed by atoms with E-state index in [9.17, 15) is 14.7 Å². The molecule has 2 aromatic rings. The third-order valence-corrected chi connectivity index (χ3v) is 5.09. The van der Waals surface area contributed by atoms with E-state index in [1.165, 1.54) is 23.3 Å². The Labute approximate surface area is 171 Å². The maximum absolute atomic E-state index is 12.4. The van der Waals surface area contributed by atoms with Gasteiger partial charge in [0.25, 0.3) is 5.91 Å². The second kappa shape index (κ2) is 10.1. The fourth-order valence-corrected chi connectivity index (χ4v) is 3.52. The second-order valence-electron chi connectivity index (χ2n) is 7.19. The number of carbonyl (C=O) groups excluding carboxylic acids is 2. The van der Waals surface area contributed by atoms with Crippen molar-refractivity contribution in [3.05, 3.63) is 59.2 Å². The van der Waals surface area contributed by atoms with Crippen LogP contribution in [-0.4, -0.2) is 30.1 Å². The van der Waals surface area contributed by atoms with Crippen LogP contribution >= 0.6 is 0 Å². The fourth-order valence-electron chi connectivity index (χ4n) is 3.52. The molecule has 29 heavy (non-hydrogen) atoms. The highest BCUT2D eigenvalue weighted by Crippen LogP contribution is 2.32. The van der Waals surface area contributed by atoms with Crippen LogP contribution in [0.5, 0.6) is 5.75 Å². The Hall–Kier alpha value is -2.86. The Bertz CT molecular complexity index is 866. The van der Waals surface area contributed by atoms with Crippen LogP contribution < -0.4 is 10.6 Å². The molecule has 0 radical (unpaired) electrons. The molecule has 0 bridgehead atoms. The van der Waals surface area contributed by atoms with Crippen LogP contribution in [0, 0.1) is 0 Å². The van der Waals surface area contributed by atoms with Crippen LogP contribution in [0.3, 0.4) is 0 Å². The summed E-state index contributed by atoms with van der Waals surface area (Å²) >= 11 is 0. The van der Waals surface area contributed by atoms with E-state index in [2.05, 4.69) is 28.8 Å². The molecule has 0 spiro atoms. The summed E-state index contributed by atoms with van der Waals surface area (Å²) in [4.78, 5) is 23.9. The van der Waals surface area contributed by atoms with Gasteiger partial charge in [-0.15, -0.1) is 0 Å². The maximum atomic E-state index is 12.4. The van der Waals surface area contributed by atoms with E-state index in [4.69, 9.17) is 4.74 Å². The zero-order chi connectivity index (χ0) is 20.6. The second-order valence-corrected chi connectivity index (χ2v) is 7.19. The van der Waals surface area contributed by atoms with Gasteiger partial charge in [0.15, 0.2) is 0 Å². The van der Waals surface area contributed by atoms with Crippen molar-refractivity contribution >= 4 is 17.5 Å². The number of hydrogen-bond donors (Lipinski definition) is 3. The smallest absolute Gasteiger partial charge is 0.255 e. The third kappa shape index (κ3) is 5.57. The highest BCUT2D eigenvalue weighted by Gasteiger charge is 2.20. The first kappa shape index (κ1) is 20.9. The molecule has 0 aromatic heterocycles. The quantitative estimate of drug-likeness (QED) is 0.466. The number of carbonyl (C=O) groups is 2. The zero-order valence-corrected chi connectivity index (χ0v) is 16.7. The molecule has 1 unspecified atom stereocenters. The number of aryl methyl sites for hydroxylation is 1. The van der Waals surface area contributed by atoms with Crippen molar-refractivity contribution in [2.75, 3.05) is 18.5 Å². The van der Waals surface area contributed by atoms with Crippen LogP contribution in [0.15, 0.2) is 42.5 Å². The van der Waals surface area contributed by atoms with Crippen molar-refractivity contribution < 1.29 is 19.4 Å². The van der Waals surface area contributed by atoms with Gasteiger partial charge in [0.2, 0.25) is 5.91 Å². The third-order valence-electron chi connectivity index (χ3n) is 5.09. The molecule has 0 aliphatic heterocycles. The lowest BCUT2D eigenvalue weighted by molar-refractivity contribution is -0.115. The minimum Gasteiger partial charge on any atom is -0.507 e. The lowest BCUT2D eigenvalue weighted by Gasteiger charge is -2.25. The summed E-state index contributed by atoms with van der Waals surface area (Å²) in [6.45, 7) is 2.74. The number of nitrogens with one attached hydrogen (secondary N) is 2. The number of benzene rings is 2. The van der Waals surface area contributed by atoms with E-state index in [0.29, 0.717) is 31.7 Å². The van der Waals surface area contributed by atoms with Crippen molar-refractivity contribution in [3.63, 3.8) is 0 Å². The first-order chi connectivity index (χ1) is 14.1. The average Bonchev–Trinajstić information content (AvgIpc) is 2.74. The van der Waals surface area contributed by atoms with Crippen molar-refractivity contribution in [2.24, 2.45) is 0 Å². The SMILES string of the molecule is CCC(=O)Nc1ccc(O)c(C(=O)NCCCOC2CCCc3ccccc32)c1. The van der Waals surface area contributed by atoms with E-state index in [0.717, 1.165) is 19.3 Å². The van der Waals surface area contributed by atoms with E-state index < -0.39 is 0 Å². The first-order valence-corrected chi connectivity index (χ1v) is 10.2. The lowest BCUT2D eigenvalue weighted by Crippen LogP contribution is -2.26. The molecular weight excluding hydrogens is 368 g/mol. The van der Waals surface area contributed by atoms with Crippen LogP contribution in [0.1, 0.15) is 60.2 Å². The monoisotopic (exact) mass is 396 g/mol. The van der Waals surface area contributed by atoms with E-state index in [1.807, 2.05) is 6.07 Å². The van der Waals surface area contributed by atoms with Crippen molar-refractivity contribution in [3.8, 4) is 5.75 Å². The molecule has 0 saturated carbocycles. The summed E-state index contributed by atoms with van der Waals surface area (Å²) in [6.07, 6.45) is 4.40. The highest BCUT2D eigenvalue weighted by atomic mass is 16.5. The van der Waals surface area contributed by atoms with E-state index in [1.54, 1.807) is 13.0 Å². The summed E-state index contributed by atoms with van der Waals surface area (Å²) in [5, 5.41) is 15.4. The summed E-state index contributed by atoms with van der Waals surface area (Å²) < 4.78 is 6.05. The number of hydrogen-bond acceptors (Lipinski definition) is 4. The summed E-state index contributed by atoms with van der Waals surface area (Å²) in [7, 11) is 0. The number of anilines is 1. The van der Waals surface area contributed by atoms with Gasteiger partial charge in [-0.05, 0) is 55.0 Å². The average molecular weight is 396 g/mol. The highest BCUT2D eigenvalue weighted by molar-refractivity contribution is 5.99. The molecule has 1 atom stereocenters. The van der Waals surface area contributed by atoms with Gasteiger partial charge in [-0.25, -0.2) is 0 Å². The molecule has 3 rings (SSSR count).